The van der Waals surface area contributed by atoms with Gasteiger partial charge in [-0.3, -0.25) is 9.59 Å². The van der Waals surface area contributed by atoms with E-state index in [9.17, 15) is 9.59 Å². The molecule has 2 aromatic carbocycles. The van der Waals surface area contributed by atoms with Crippen LogP contribution >= 0.6 is 0 Å². The van der Waals surface area contributed by atoms with Crippen LogP contribution in [-0.4, -0.2) is 24.0 Å². The van der Waals surface area contributed by atoms with Crippen molar-refractivity contribution < 1.29 is 14.3 Å². The van der Waals surface area contributed by atoms with E-state index in [1.807, 2.05) is 82.3 Å². The Morgan fingerprint density at radius 2 is 1.53 bits per heavy atom. The van der Waals surface area contributed by atoms with Gasteiger partial charge in [-0.2, -0.15) is 0 Å². The zero-order valence-electron chi connectivity index (χ0n) is 20.3. The van der Waals surface area contributed by atoms with Gasteiger partial charge >= 0.3 is 0 Å². The zero-order valence-corrected chi connectivity index (χ0v) is 20.3. The van der Waals surface area contributed by atoms with E-state index in [1.165, 1.54) is 0 Å². The molecule has 0 aliphatic carbocycles. The van der Waals surface area contributed by atoms with Gasteiger partial charge in [0.15, 0.2) is 0 Å². The summed E-state index contributed by atoms with van der Waals surface area (Å²) in [6.07, 6.45) is 2.26. The Morgan fingerprint density at radius 3 is 2.09 bits per heavy atom. The molecule has 0 aromatic heterocycles. The van der Waals surface area contributed by atoms with E-state index in [-0.39, 0.29) is 17.7 Å². The average molecular weight is 439 g/mol. The lowest BCUT2D eigenvalue weighted by atomic mass is 9.98. The quantitative estimate of drug-likeness (QED) is 0.523. The van der Waals surface area contributed by atoms with Crippen LogP contribution in [0, 0.1) is 5.92 Å². The molecule has 2 rings (SSSR count). The van der Waals surface area contributed by atoms with Crippen LogP contribution in [0.1, 0.15) is 77.5 Å². The first-order chi connectivity index (χ1) is 15.1. The van der Waals surface area contributed by atoms with Gasteiger partial charge in [-0.15, -0.1) is 0 Å². The maximum atomic E-state index is 13.1. The van der Waals surface area contributed by atoms with Gasteiger partial charge in [0.2, 0.25) is 11.8 Å². The predicted molar refractivity (Wildman–Crippen MR) is 130 cm³/mol. The van der Waals surface area contributed by atoms with E-state index in [0.717, 1.165) is 24.2 Å². The minimum atomic E-state index is -0.791. The SMILES string of the molecule is CCCC(C)COc1ccc([C@@H](NC(=O)[C@@H](C)c2ccccc2)C(=O)NC(C)(C)C)cc1. The largest absolute Gasteiger partial charge is 0.493 e. The second kappa shape index (κ2) is 11.7. The van der Waals surface area contributed by atoms with Crippen LogP contribution in [0.15, 0.2) is 54.6 Å². The van der Waals surface area contributed by atoms with Gasteiger partial charge in [-0.25, -0.2) is 0 Å². The Morgan fingerprint density at radius 1 is 0.906 bits per heavy atom. The summed E-state index contributed by atoms with van der Waals surface area (Å²) < 4.78 is 5.89. The lowest BCUT2D eigenvalue weighted by molar-refractivity contribution is -0.130. The molecule has 32 heavy (non-hydrogen) atoms. The van der Waals surface area contributed by atoms with E-state index in [2.05, 4.69) is 24.5 Å². The van der Waals surface area contributed by atoms with Crippen LogP contribution in [0.5, 0.6) is 5.75 Å². The molecule has 5 nitrogen and oxygen atoms in total. The number of carbonyl (C=O) groups excluding carboxylic acids is 2. The van der Waals surface area contributed by atoms with Gasteiger partial charge in [0.05, 0.1) is 12.5 Å². The van der Waals surface area contributed by atoms with E-state index in [4.69, 9.17) is 4.74 Å². The number of amides is 2. The second-order valence-electron chi connectivity index (χ2n) is 9.59. The molecule has 0 radical (unpaired) electrons. The lowest BCUT2D eigenvalue weighted by Crippen LogP contribution is -2.48. The highest BCUT2D eigenvalue weighted by Gasteiger charge is 2.28. The first kappa shape index (κ1) is 25.4. The fraction of sp³-hybridized carbons (Fsp3) is 0.481. The van der Waals surface area contributed by atoms with Crippen LogP contribution in [-0.2, 0) is 9.59 Å². The molecule has 3 atom stereocenters. The number of hydrogen-bond acceptors (Lipinski definition) is 3. The molecule has 5 heteroatoms. The molecule has 1 unspecified atom stereocenters. The van der Waals surface area contributed by atoms with Gasteiger partial charge in [0.1, 0.15) is 11.8 Å². The average Bonchev–Trinajstić information content (AvgIpc) is 2.75. The molecule has 2 amide bonds. The van der Waals surface area contributed by atoms with Crippen molar-refractivity contribution in [1.29, 1.82) is 0 Å². The van der Waals surface area contributed by atoms with Gasteiger partial charge < -0.3 is 15.4 Å². The Balaban J connectivity index is 2.17. The second-order valence-corrected chi connectivity index (χ2v) is 9.59. The molecule has 0 aliphatic heterocycles. The van der Waals surface area contributed by atoms with Crippen LogP contribution in [0.2, 0.25) is 0 Å². The zero-order chi connectivity index (χ0) is 23.7. The third kappa shape index (κ3) is 8.03. The molecule has 2 N–H and O–H groups in total. The highest BCUT2D eigenvalue weighted by molar-refractivity contribution is 5.91. The summed E-state index contributed by atoms with van der Waals surface area (Å²) in [7, 11) is 0. The Kier molecular flexibility index (Phi) is 9.30. The number of carbonyl (C=O) groups is 2. The molecule has 0 fully saturated rings. The monoisotopic (exact) mass is 438 g/mol. The number of nitrogens with one attached hydrogen (secondary N) is 2. The number of ether oxygens (including phenoxy) is 1. The van der Waals surface area contributed by atoms with Crippen molar-refractivity contribution in [2.24, 2.45) is 5.92 Å². The van der Waals surface area contributed by atoms with E-state index >= 15 is 0 Å². The van der Waals surface area contributed by atoms with E-state index in [0.29, 0.717) is 18.1 Å². The van der Waals surface area contributed by atoms with Crippen molar-refractivity contribution >= 4 is 11.8 Å². The molecule has 174 valence electrons. The fourth-order valence-electron chi connectivity index (χ4n) is 3.47. The molecule has 0 saturated carbocycles. The number of benzene rings is 2. The summed E-state index contributed by atoms with van der Waals surface area (Å²) in [6.45, 7) is 12.6. The Bertz CT molecular complexity index is 857. The van der Waals surface area contributed by atoms with Gasteiger partial charge in [0, 0.05) is 5.54 Å². The van der Waals surface area contributed by atoms with Gasteiger partial charge in [-0.05, 0) is 63.3 Å². The molecule has 0 aliphatic rings. The predicted octanol–water partition coefficient (Wildman–Crippen LogP) is 5.38. The molecule has 0 spiro atoms. The lowest BCUT2D eigenvalue weighted by Gasteiger charge is -2.27. The molecule has 0 saturated heterocycles. The minimum absolute atomic E-state index is 0.195. The van der Waals surface area contributed by atoms with Crippen molar-refractivity contribution in [3.8, 4) is 5.75 Å². The first-order valence-electron chi connectivity index (χ1n) is 11.5. The summed E-state index contributed by atoms with van der Waals surface area (Å²) in [6, 6.07) is 16.2. The third-order valence-electron chi connectivity index (χ3n) is 5.27. The summed E-state index contributed by atoms with van der Waals surface area (Å²) >= 11 is 0. The highest BCUT2D eigenvalue weighted by atomic mass is 16.5. The molecule has 2 aromatic rings. The van der Waals surface area contributed by atoms with Crippen molar-refractivity contribution in [3.05, 3.63) is 65.7 Å². The number of hydrogen-bond donors (Lipinski definition) is 2. The third-order valence-corrected chi connectivity index (χ3v) is 5.27. The standard InChI is InChI=1S/C27H38N2O3/c1-7-11-19(2)18-32-23-16-14-22(15-17-23)24(26(31)29-27(4,5)6)28-25(30)20(3)21-12-9-8-10-13-21/h8-10,12-17,19-20,24H,7,11,18H2,1-6H3,(H,28,30)(H,29,31)/t19?,20-,24+/m0/s1. The molecular formula is C27H38N2O3. The van der Waals surface area contributed by atoms with Crippen LogP contribution < -0.4 is 15.4 Å². The van der Waals surface area contributed by atoms with Gasteiger partial charge in [0.25, 0.3) is 0 Å². The first-order valence-corrected chi connectivity index (χ1v) is 11.5. The van der Waals surface area contributed by atoms with E-state index in [1.54, 1.807) is 0 Å². The maximum Gasteiger partial charge on any atom is 0.247 e. The molecule has 0 heterocycles. The molecule has 0 bridgehead atoms. The highest BCUT2D eigenvalue weighted by Crippen LogP contribution is 2.22. The number of rotatable bonds is 10. The minimum Gasteiger partial charge on any atom is -0.493 e. The maximum absolute atomic E-state index is 13.1. The Hall–Kier alpha value is -2.82. The smallest absolute Gasteiger partial charge is 0.247 e. The van der Waals surface area contributed by atoms with Crippen LogP contribution in [0.3, 0.4) is 0 Å². The topological polar surface area (TPSA) is 67.4 Å². The van der Waals surface area contributed by atoms with Crippen LogP contribution in [0.25, 0.3) is 0 Å². The summed E-state index contributed by atoms with van der Waals surface area (Å²) in [5, 5.41) is 5.93. The molecular weight excluding hydrogens is 400 g/mol. The summed E-state index contributed by atoms with van der Waals surface area (Å²) in [5.41, 5.74) is 1.21. The van der Waals surface area contributed by atoms with Crippen LogP contribution in [0.4, 0.5) is 0 Å². The van der Waals surface area contributed by atoms with Crippen molar-refractivity contribution in [1.82, 2.24) is 10.6 Å². The van der Waals surface area contributed by atoms with Crippen molar-refractivity contribution in [2.45, 2.75) is 71.9 Å². The van der Waals surface area contributed by atoms with Crippen molar-refractivity contribution in [2.75, 3.05) is 6.61 Å². The normalized spacial score (nSPS) is 14.2. The Labute approximate surface area is 192 Å². The summed E-state index contributed by atoms with van der Waals surface area (Å²) in [4.78, 5) is 26.1. The fourth-order valence-corrected chi connectivity index (χ4v) is 3.47. The summed E-state index contributed by atoms with van der Waals surface area (Å²) in [5.74, 6) is 0.443. The van der Waals surface area contributed by atoms with E-state index < -0.39 is 11.6 Å². The van der Waals surface area contributed by atoms with Gasteiger partial charge in [-0.1, -0.05) is 62.7 Å². The van der Waals surface area contributed by atoms with Crippen molar-refractivity contribution in [3.63, 3.8) is 0 Å².